The normalized spacial score (nSPS) is 12.1. The summed E-state index contributed by atoms with van der Waals surface area (Å²) in [4.78, 5) is 28.8. The largest absolute Gasteiger partial charge is 0.457 e. The van der Waals surface area contributed by atoms with Crippen molar-refractivity contribution in [1.82, 2.24) is 9.38 Å². The fourth-order valence-electron chi connectivity index (χ4n) is 2.55. The van der Waals surface area contributed by atoms with Gasteiger partial charge < -0.3 is 9.47 Å². The lowest BCUT2D eigenvalue weighted by Crippen LogP contribution is -2.20. The zero-order valence-corrected chi connectivity index (χ0v) is 14.0. The number of aryl methyl sites for hydroxylation is 1. The lowest BCUT2D eigenvalue weighted by Gasteiger charge is -2.14. The highest BCUT2D eigenvalue weighted by Gasteiger charge is 2.21. The summed E-state index contributed by atoms with van der Waals surface area (Å²) in [6, 6.07) is 14.1. The molecule has 0 aliphatic heterocycles. The summed E-state index contributed by atoms with van der Waals surface area (Å²) in [5.74, 6) is -0.528. The first-order valence-corrected chi connectivity index (χ1v) is 7.82. The molecular formula is C19H18N2O4. The molecule has 0 bridgehead atoms. The van der Waals surface area contributed by atoms with Crippen LogP contribution in [0.4, 0.5) is 0 Å². The molecule has 1 atom stereocenters. The van der Waals surface area contributed by atoms with Gasteiger partial charge in [0.2, 0.25) is 0 Å². The number of methoxy groups -OCH3 is 1. The first kappa shape index (κ1) is 16.9. The minimum atomic E-state index is -0.814. The molecule has 6 nitrogen and oxygen atoms in total. The Morgan fingerprint density at radius 1 is 1.20 bits per heavy atom. The molecule has 0 amide bonds. The summed E-state index contributed by atoms with van der Waals surface area (Å²) in [6.07, 6.45) is 0.905. The van der Waals surface area contributed by atoms with Gasteiger partial charge in [-0.2, -0.15) is 0 Å². The number of carbonyl (C=O) groups is 1. The van der Waals surface area contributed by atoms with Crippen molar-refractivity contribution in [3.05, 3.63) is 81.9 Å². The molecule has 25 heavy (non-hydrogen) atoms. The molecule has 2 heterocycles. The van der Waals surface area contributed by atoms with E-state index in [0.29, 0.717) is 16.9 Å². The number of nitrogens with zero attached hydrogens (tertiary/aromatic N) is 2. The highest BCUT2D eigenvalue weighted by molar-refractivity contribution is 5.76. The van der Waals surface area contributed by atoms with Crippen LogP contribution in [0.3, 0.4) is 0 Å². The van der Waals surface area contributed by atoms with Crippen molar-refractivity contribution in [2.75, 3.05) is 7.11 Å². The molecule has 0 aliphatic carbocycles. The Balaban J connectivity index is 1.77. The maximum absolute atomic E-state index is 12.3. The smallest absolute Gasteiger partial charge is 0.340 e. The van der Waals surface area contributed by atoms with Gasteiger partial charge in [0.1, 0.15) is 12.3 Å². The van der Waals surface area contributed by atoms with Crippen LogP contribution in [0.25, 0.3) is 5.65 Å². The Labute approximate surface area is 144 Å². The summed E-state index contributed by atoms with van der Waals surface area (Å²) in [5.41, 5.74) is 2.35. The first-order chi connectivity index (χ1) is 12.1. The molecule has 1 aromatic carbocycles. The number of rotatable bonds is 5. The summed E-state index contributed by atoms with van der Waals surface area (Å²) in [5, 5.41) is 0. The lowest BCUT2D eigenvalue weighted by atomic mass is 10.1. The van der Waals surface area contributed by atoms with Crippen LogP contribution in [-0.2, 0) is 20.9 Å². The van der Waals surface area contributed by atoms with Crippen molar-refractivity contribution in [2.45, 2.75) is 19.6 Å². The molecule has 0 N–H and O–H groups in total. The quantitative estimate of drug-likeness (QED) is 0.668. The summed E-state index contributed by atoms with van der Waals surface area (Å²) in [6.45, 7) is 1.81. The molecule has 0 aliphatic rings. The number of aromatic nitrogens is 2. The van der Waals surface area contributed by atoms with Crippen molar-refractivity contribution >= 4 is 11.6 Å². The summed E-state index contributed by atoms with van der Waals surface area (Å²) < 4.78 is 12.0. The molecule has 0 spiro atoms. The highest BCUT2D eigenvalue weighted by Crippen LogP contribution is 2.18. The number of pyridine rings is 1. The molecule has 0 radical (unpaired) electrons. The topological polar surface area (TPSA) is 69.9 Å². The minimum absolute atomic E-state index is 0.0921. The molecule has 0 saturated heterocycles. The number of hydrogen-bond donors (Lipinski definition) is 0. The second-order valence-electron chi connectivity index (χ2n) is 5.65. The molecular weight excluding hydrogens is 320 g/mol. The Hall–Kier alpha value is -2.99. The van der Waals surface area contributed by atoms with Crippen LogP contribution in [0.5, 0.6) is 0 Å². The fourth-order valence-corrected chi connectivity index (χ4v) is 2.55. The van der Waals surface area contributed by atoms with Gasteiger partial charge in [0, 0.05) is 19.4 Å². The number of fused-ring (bicyclic) bond motifs is 1. The third kappa shape index (κ3) is 3.75. The average Bonchev–Trinajstić information content (AvgIpc) is 2.62. The maximum atomic E-state index is 12.3. The SMILES string of the molecule is COC(C(=O)OCc1cc(=O)n2cc(C)ccc2n1)c1ccccc1. The average molecular weight is 338 g/mol. The van der Waals surface area contributed by atoms with Crippen LogP contribution in [0.15, 0.2) is 59.5 Å². The molecule has 0 fully saturated rings. The van der Waals surface area contributed by atoms with Gasteiger partial charge in [-0.25, -0.2) is 9.78 Å². The van der Waals surface area contributed by atoms with E-state index in [2.05, 4.69) is 4.98 Å². The third-order valence-corrected chi connectivity index (χ3v) is 3.77. The molecule has 0 saturated carbocycles. The Morgan fingerprint density at radius 2 is 1.96 bits per heavy atom. The Morgan fingerprint density at radius 3 is 2.68 bits per heavy atom. The van der Waals surface area contributed by atoms with Gasteiger partial charge in [0.15, 0.2) is 6.10 Å². The van der Waals surface area contributed by atoms with Crippen LogP contribution < -0.4 is 5.56 Å². The van der Waals surface area contributed by atoms with Crippen LogP contribution in [0, 0.1) is 6.92 Å². The zero-order chi connectivity index (χ0) is 17.8. The molecule has 3 rings (SSSR count). The fraction of sp³-hybridized carbons (Fsp3) is 0.211. The van der Waals surface area contributed by atoms with Gasteiger partial charge in [0.25, 0.3) is 5.56 Å². The van der Waals surface area contributed by atoms with E-state index in [0.717, 1.165) is 5.56 Å². The number of ether oxygens (including phenoxy) is 2. The first-order valence-electron chi connectivity index (χ1n) is 7.82. The van der Waals surface area contributed by atoms with Gasteiger partial charge in [-0.05, 0) is 24.1 Å². The van der Waals surface area contributed by atoms with E-state index in [1.54, 1.807) is 24.4 Å². The standard InChI is InChI=1S/C19H18N2O4/c1-13-8-9-16-20-15(10-17(22)21(16)11-13)12-25-19(23)18(24-2)14-6-4-3-5-7-14/h3-11,18H,12H2,1-2H3. The van der Waals surface area contributed by atoms with Crippen molar-refractivity contribution in [1.29, 1.82) is 0 Å². The molecule has 3 aromatic rings. The van der Waals surface area contributed by atoms with Gasteiger partial charge in [-0.3, -0.25) is 9.20 Å². The van der Waals surface area contributed by atoms with E-state index in [9.17, 15) is 9.59 Å². The maximum Gasteiger partial charge on any atom is 0.340 e. The molecule has 1 unspecified atom stereocenters. The van der Waals surface area contributed by atoms with E-state index in [-0.39, 0.29) is 12.2 Å². The van der Waals surface area contributed by atoms with Gasteiger partial charge in [-0.1, -0.05) is 36.4 Å². The van der Waals surface area contributed by atoms with Crippen molar-refractivity contribution < 1.29 is 14.3 Å². The Bertz CT molecular complexity index is 951. The second kappa shape index (κ2) is 7.27. The minimum Gasteiger partial charge on any atom is -0.457 e. The second-order valence-corrected chi connectivity index (χ2v) is 5.65. The van der Waals surface area contributed by atoms with Crippen molar-refractivity contribution in [2.24, 2.45) is 0 Å². The number of esters is 1. The van der Waals surface area contributed by atoms with E-state index in [1.165, 1.54) is 17.6 Å². The molecule has 128 valence electrons. The number of carbonyl (C=O) groups excluding carboxylic acids is 1. The molecule has 2 aromatic heterocycles. The molecule has 6 heteroatoms. The summed E-state index contributed by atoms with van der Waals surface area (Å²) >= 11 is 0. The monoisotopic (exact) mass is 338 g/mol. The van der Waals surface area contributed by atoms with Gasteiger partial charge >= 0.3 is 5.97 Å². The lowest BCUT2D eigenvalue weighted by molar-refractivity contribution is -0.157. The Kier molecular flexibility index (Phi) is 4.90. The van der Waals surface area contributed by atoms with E-state index < -0.39 is 12.1 Å². The van der Waals surface area contributed by atoms with Gasteiger partial charge in [-0.15, -0.1) is 0 Å². The number of hydrogen-bond acceptors (Lipinski definition) is 5. The van der Waals surface area contributed by atoms with E-state index in [1.807, 2.05) is 31.2 Å². The van der Waals surface area contributed by atoms with Crippen LogP contribution in [-0.4, -0.2) is 22.5 Å². The van der Waals surface area contributed by atoms with Gasteiger partial charge in [0.05, 0.1) is 5.69 Å². The highest BCUT2D eigenvalue weighted by atomic mass is 16.6. The van der Waals surface area contributed by atoms with Crippen LogP contribution >= 0.6 is 0 Å². The van der Waals surface area contributed by atoms with Crippen LogP contribution in [0.2, 0.25) is 0 Å². The zero-order valence-electron chi connectivity index (χ0n) is 14.0. The van der Waals surface area contributed by atoms with E-state index >= 15 is 0 Å². The number of benzene rings is 1. The predicted molar refractivity (Wildman–Crippen MR) is 92.2 cm³/mol. The predicted octanol–water partition coefficient (Wildman–Crippen LogP) is 2.43. The third-order valence-electron chi connectivity index (χ3n) is 3.77. The van der Waals surface area contributed by atoms with Crippen molar-refractivity contribution in [3.8, 4) is 0 Å². The van der Waals surface area contributed by atoms with Crippen molar-refractivity contribution in [3.63, 3.8) is 0 Å². The van der Waals surface area contributed by atoms with E-state index in [4.69, 9.17) is 9.47 Å². The summed E-state index contributed by atoms with van der Waals surface area (Å²) in [7, 11) is 1.45. The van der Waals surface area contributed by atoms with Crippen LogP contribution in [0.1, 0.15) is 22.9 Å².